The summed E-state index contributed by atoms with van der Waals surface area (Å²) in [5.41, 5.74) is 8.46. The number of rotatable bonds is 4. The smallest absolute Gasteiger partial charge is 0.261 e. The first-order chi connectivity index (χ1) is 12.6. The molecule has 2 aliphatic heterocycles. The molecule has 0 spiro atoms. The van der Waals surface area contributed by atoms with Gasteiger partial charge in [-0.1, -0.05) is 19.1 Å². The van der Waals surface area contributed by atoms with Crippen molar-refractivity contribution >= 4 is 23.2 Å². The highest BCUT2D eigenvalue weighted by Crippen LogP contribution is 2.35. The van der Waals surface area contributed by atoms with Gasteiger partial charge in [0.1, 0.15) is 11.9 Å². The van der Waals surface area contributed by atoms with Crippen molar-refractivity contribution in [3.63, 3.8) is 0 Å². The van der Waals surface area contributed by atoms with Crippen LogP contribution in [0.15, 0.2) is 42.5 Å². The molecule has 0 saturated heterocycles. The van der Waals surface area contributed by atoms with E-state index in [2.05, 4.69) is 11.8 Å². The van der Waals surface area contributed by atoms with E-state index in [1.165, 1.54) is 4.90 Å². The van der Waals surface area contributed by atoms with Crippen LogP contribution in [0.2, 0.25) is 0 Å². The summed E-state index contributed by atoms with van der Waals surface area (Å²) < 4.78 is 5.99. The van der Waals surface area contributed by atoms with Gasteiger partial charge in [-0.25, -0.2) is 0 Å². The third-order valence-electron chi connectivity index (χ3n) is 4.97. The lowest BCUT2D eigenvalue weighted by molar-refractivity contribution is 0.0657. The molecule has 0 aromatic heterocycles. The maximum atomic E-state index is 12.5. The van der Waals surface area contributed by atoms with Gasteiger partial charge in [0.15, 0.2) is 0 Å². The summed E-state index contributed by atoms with van der Waals surface area (Å²) >= 11 is 0. The van der Waals surface area contributed by atoms with Gasteiger partial charge < -0.3 is 15.4 Å². The standard InChI is InChI=1S/C20H21N3O3/c1-2-14-12-22(17-11-13(21)7-8-18(17)26-14)9-10-23-19(24)15-5-3-4-6-16(15)20(23)25/h3-8,11,14H,2,9-10,12,21H2,1H3. The fourth-order valence-corrected chi connectivity index (χ4v) is 3.53. The lowest BCUT2D eigenvalue weighted by Crippen LogP contribution is -2.44. The SMILES string of the molecule is CCC1CN(CCN2C(=O)c3ccccc3C2=O)c2cc(N)ccc2O1. The number of nitrogen functional groups attached to an aromatic ring is 1. The van der Waals surface area contributed by atoms with Gasteiger partial charge in [-0.15, -0.1) is 0 Å². The Morgan fingerprint density at radius 3 is 2.42 bits per heavy atom. The number of nitrogens with two attached hydrogens (primary N) is 1. The van der Waals surface area contributed by atoms with Crippen LogP contribution < -0.4 is 15.4 Å². The van der Waals surface area contributed by atoms with Crippen LogP contribution in [0.3, 0.4) is 0 Å². The van der Waals surface area contributed by atoms with Gasteiger partial charge in [-0.2, -0.15) is 0 Å². The molecule has 0 radical (unpaired) electrons. The predicted octanol–water partition coefficient (Wildman–Crippen LogP) is 2.54. The molecule has 1 unspecified atom stereocenters. The van der Waals surface area contributed by atoms with Crippen LogP contribution in [0, 0.1) is 0 Å². The van der Waals surface area contributed by atoms with Crippen molar-refractivity contribution in [1.29, 1.82) is 0 Å². The molecule has 2 heterocycles. The first-order valence-corrected chi connectivity index (χ1v) is 8.85. The van der Waals surface area contributed by atoms with E-state index in [1.807, 2.05) is 18.2 Å². The Labute approximate surface area is 152 Å². The maximum absolute atomic E-state index is 12.5. The molecule has 2 N–H and O–H groups in total. The minimum absolute atomic E-state index is 0.0771. The second kappa shape index (κ2) is 6.37. The molecule has 134 valence electrons. The molecule has 0 saturated carbocycles. The average Bonchev–Trinajstić information content (AvgIpc) is 2.90. The quantitative estimate of drug-likeness (QED) is 0.677. The summed E-state index contributed by atoms with van der Waals surface area (Å²) in [6, 6.07) is 12.5. The second-order valence-electron chi connectivity index (χ2n) is 6.63. The normalized spacial score (nSPS) is 18.6. The van der Waals surface area contributed by atoms with Crippen molar-refractivity contribution < 1.29 is 14.3 Å². The van der Waals surface area contributed by atoms with Crippen LogP contribution >= 0.6 is 0 Å². The first-order valence-electron chi connectivity index (χ1n) is 8.85. The number of carbonyl (C=O) groups excluding carboxylic acids is 2. The Bertz CT molecular complexity index is 845. The molecule has 1 atom stereocenters. The number of hydrogen-bond acceptors (Lipinski definition) is 5. The van der Waals surface area contributed by atoms with E-state index >= 15 is 0 Å². The van der Waals surface area contributed by atoms with Crippen molar-refractivity contribution in [2.24, 2.45) is 0 Å². The number of imide groups is 1. The minimum Gasteiger partial charge on any atom is -0.486 e. The third kappa shape index (κ3) is 2.67. The molecule has 2 aliphatic rings. The number of amides is 2. The van der Waals surface area contributed by atoms with E-state index in [4.69, 9.17) is 10.5 Å². The third-order valence-corrected chi connectivity index (χ3v) is 4.97. The largest absolute Gasteiger partial charge is 0.486 e. The number of nitrogens with zero attached hydrogens (tertiary/aromatic N) is 2. The Kier molecular flexibility index (Phi) is 4.03. The Balaban J connectivity index is 1.54. The topological polar surface area (TPSA) is 75.9 Å². The molecular weight excluding hydrogens is 330 g/mol. The van der Waals surface area contributed by atoms with Crippen LogP contribution in [-0.2, 0) is 0 Å². The van der Waals surface area contributed by atoms with Gasteiger partial charge in [0, 0.05) is 18.8 Å². The monoisotopic (exact) mass is 351 g/mol. The fraction of sp³-hybridized carbons (Fsp3) is 0.300. The van der Waals surface area contributed by atoms with Crippen LogP contribution in [0.4, 0.5) is 11.4 Å². The van der Waals surface area contributed by atoms with E-state index in [0.29, 0.717) is 36.4 Å². The number of ether oxygens (including phenoxy) is 1. The maximum Gasteiger partial charge on any atom is 0.261 e. The molecule has 0 aliphatic carbocycles. The molecular formula is C20H21N3O3. The molecule has 4 rings (SSSR count). The lowest BCUT2D eigenvalue weighted by atomic mass is 10.1. The Hall–Kier alpha value is -3.02. The molecule has 6 nitrogen and oxygen atoms in total. The van der Waals surface area contributed by atoms with Gasteiger partial charge in [0.2, 0.25) is 0 Å². The Morgan fingerprint density at radius 1 is 1.08 bits per heavy atom. The molecule has 2 aromatic carbocycles. The summed E-state index contributed by atoms with van der Waals surface area (Å²) in [6.07, 6.45) is 0.959. The summed E-state index contributed by atoms with van der Waals surface area (Å²) in [7, 11) is 0. The molecule has 0 bridgehead atoms. The Morgan fingerprint density at radius 2 is 1.77 bits per heavy atom. The van der Waals surface area contributed by atoms with E-state index < -0.39 is 0 Å². The van der Waals surface area contributed by atoms with Crippen LogP contribution in [0.1, 0.15) is 34.1 Å². The second-order valence-corrected chi connectivity index (χ2v) is 6.63. The number of fused-ring (bicyclic) bond motifs is 2. The number of anilines is 2. The van der Waals surface area contributed by atoms with Crippen LogP contribution in [-0.4, -0.2) is 42.5 Å². The molecule has 0 fully saturated rings. The summed E-state index contributed by atoms with van der Waals surface area (Å²) in [4.78, 5) is 28.6. The number of carbonyl (C=O) groups is 2. The van der Waals surface area contributed by atoms with E-state index in [0.717, 1.165) is 17.9 Å². The van der Waals surface area contributed by atoms with Crippen molar-refractivity contribution in [2.45, 2.75) is 19.4 Å². The van der Waals surface area contributed by atoms with Gasteiger partial charge in [-0.05, 0) is 36.8 Å². The van der Waals surface area contributed by atoms with Crippen molar-refractivity contribution in [1.82, 2.24) is 4.90 Å². The van der Waals surface area contributed by atoms with Crippen molar-refractivity contribution in [2.75, 3.05) is 30.3 Å². The average molecular weight is 351 g/mol. The van der Waals surface area contributed by atoms with E-state index in [-0.39, 0.29) is 17.9 Å². The zero-order chi connectivity index (χ0) is 18.3. The zero-order valence-corrected chi connectivity index (χ0v) is 14.6. The van der Waals surface area contributed by atoms with E-state index in [9.17, 15) is 9.59 Å². The zero-order valence-electron chi connectivity index (χ0n) is 14.6. The lowest BCUT2D eigenvalue weighted by Gasteiger charge is -2.36. The predicted molar refractivity (Wildman–Crippen MR) is 99.6 cm³/mol. The van der Waals surface area contributed by atoms with Gasteiger partial charge in [0.25, 0.3) is 11.8 Å². The van der Waals surface area contributed by atoms with Crippen LogP contribution in [0.25, 0.3) is 0 Å². The fourth-order valence-electron chi connectivity index (χ4n) is 3.53. The number of hydrogen-bond donors (Lipinski definition) is 1. The molecule has 6 heteroatoms. The van der Waals surface area contributed by atoms with Gasteiger partial charge in [0.05, 0.1) is 23.4 Å². The highest BCUT2D eigenvalue weighted by Gasteiger charge is 2.35. The molecule has 2 amide bonds. The summed E-state index contributed by atoms with van der Waals surface area (Å²) in [6.45, 7) is 3.66. The van der Waals surface area contributed by atoms with Crippen molar-refractivity contribution in [3.05, 3.63) is 53.6 Å². The minimum atomic E-state index is -0.223. The van der Waals surface area contributed by atoms with Gasteiger partial charge >= 0.3 is 0 Å². The molecule has 2 aromatic rings. The molecule has 26 heavy (non-hydrogen) atoms. The first kappa shape index (κ1) is 16.4. The van der Waals surface area contributed by atoms with Crippen molar-refractivity contribution in [3.8, 4) is 5.75 Å². The summed E-state index contributed by atoms with van der Waals surface area (Å²) in [5.74, 6) is 0.345. The van der Waals surface area contributed by atoms with E-state index in [1.54, 1.807) is 24.3 Å². The highest BCUT2D eigenvalue weighted by molar-refractivity contribution is 6.21. The highest BCUT2D eigenvalue weighted by atomic mass is 16.5. The number of benzene rings is 2. The van der Waals surface area contributed by atoms with Crippen LogP contribution in [0.5, 0.6) is 5.75 Å². The summed E-state index contributed by atoms with van der Waals surface area (Å²) in [5, 5.41) is 0. The van der Waals surface area contributed by atoms with Gasteiger partial charge in [-0.3, -0.25) is 14.5 Å².